The minimum absolute atomic E-state index is 0.803. The molecule has 0 radical (unpaired) electrons. The molecule has 0 amide bonds. The highest BCUT2D eigenvalue weighted by molar-refractivity contribution is 5.37. The molecule has 0 saturated heterocycles. The molecule has 2 nitrogen and oxygen atoms in total. The SMILES string of the molecule is CCCCN(CC)Cc1ccccc1C#N. The molecule has 0 aromatic heterocycles. The van der Waals surface area contributed by atoms with Crippen LogP contribution in [0.25, 0.3) is 0 Å². The lowest BCUT2D eigenvalue weighted by atomic mass is 10.1. The lowest BCUT2D eigenvalue weighted by Gasteiger charge is -2.20. The summed E-state index contributed by atoms with van der Waals surface area (Å²) in [6.07, 6.45) is 2.44. The van der Waals surface area contributed by atoms with Gasteiger partial charge in [0.2, 0.25) is 0 Å². The topological polar surface area (TPSA) is 27.0 Å². The van der Waals surface area contributed by atoms with Gasteiger partial charge in [-0.3, -0.25) is 4.90 Å². The second-order valence-corrected chi connectivity index (χ2v) is 3.99. The van der Waals surface area contributed by atoms with Gasteiger partial charge in [0.25, 0.3) is 0 Å². The molecule has 0 spiro atoms. The zero-order valence-electron chi connectivity index (χ0n) is 10.2. The number of hydrogen-bond acceptors (Lipinski definition) is 2. The molecule has 0 aliphatic carbocycles. The number of nitrogens with zero attached hydrogens (tertiary/aromatic N) is 2. The van der Waals surface area contributed by atoms with Crippen LogP contribution in [0.4, 0.5) is 0 Å². The fourth-order valence-electron chi connectivity index (χ4n) is 1.74. The van der Waals surface area contributed by atoms with Crippen molar-refractivity contribution in [3.05, 3.63) is 35.4 Å². The average molecular weight is 216 g/mol. The summed E-state index contributed by atoms with van der Waals surface area (Å²) >= 11 is 0. The minimum atomic E-state index is 0.803. The van der Waals surface area contributed by atoms with Gasteiger partial charge in [0.05, 0.1) is 11.6 Å². The third-order valence-electron chi connectivity index (χ3n) is 2.81. The van der Waals surface area contributed by atoms with Crippen LogP contribution in [0.2, 0.25) is 0 Å². The summed E-state index contributed by atoms with van der Waals surface area (Å²) in [6, 6.07) is 10.1. The van der Waals surface area contributed by atoms with E-state index in [1.807, 2.05) is 24.3 Å². The summed E-state index contributed by atoms with van der Waals surface area (Å²) in [7, 11) is 0. The Labute approximate surface area is 98.5 Å². The zero-order valence-corrected chi connectivity index (χ0v) is 10.2. The molecule has 1 rings (SSSR count). The smallest absolute Gasteiger partial charge is 0.0995 e. The van der Waals surface area contributed by atoms with Gasteiger partial charge < -0.3 is 0 Å². The molecule has 0 saturated carbocycles. The third kappa shape index (κ3) is 3.67. The molecule has 0 heterocycles. The highest BCUT2D eigenvalue weighted by atomic mass is 15.1. The molecule has 0 N–H and O–H groups in total. The van der Waals surface area contributed by atoms with Crippen LogP contribution < -0.4 is 0 Å². The van der Waals surface area contributed by atoms with Crippen LogP contribution in [0.15, 0.2) is 24.3 Å². The summed E-state index contributed by atoms with van der Waals surface area (Å²) in [5.41, 5.74) is 1.94. The Kier molecular flexibility index (Phi) is 5.60. The van der Waals surface area contributed by atoms with Crippen molar-refractivity contribution < 1.29 is 0 Å². The first-order valence-electron chi connectivity index (χ1n) is 6.02. The highest BCUT2D eigenvalue weighted by Gasteiger charge is 2.06. The fourth-order valence-corrected chi connectivity index (χ4v) is 1.74. The van der Waals surface area contributed by atoms with Gasteiger partial charge in [-0.2, -0.15) is 5.26 Å². The lowest BCUT2D eigenvalue weighted by Crippen LogP contribution is -2.24. The van der Waals surface area contributed by atoms with E-state index in [0.29, 0.717) is 0 Å². The van der Waals surface area contributed by atoms with Crippen molar-refractivity contribution in [2.75, 3.05) is 13.1 Å². The van der Waals surface area contributed by atoms with Crippen molar-refractivity contribution in [2.24, 2.45) is 0 Å². The number of hydrogen-bond donors (Lipinski definition) is 0. The van der Waals surface area contributed by atoms with Crippen molar-refractivity contribution >= 4 is 0 Å². The predicted octanol–water partition coefficient (Wildman–Crippen LogP) is 3.18. The van der Waals surface area contributed by atoms with E-state index < -0.39 is 0 Å². The Hall–Kier alpha value is -1.33. The van der Waals surface area contributed by atoms with Crippen molar-refractivity contribution in [1.29, 1.82) is 5.26 Å². The van der Waals surface area contributed by atoms with Gasteiger partial charge in [-0.1, -0.05) is 38.5 Å². The first kappa shape index (κ1) is 12.7. The lowest BCUT2D eigenvalue weighted by molar-refractivity contribution is 0.275. The molecule has 0 fully saturated rings. The monoisotopic (exact) mass is 216 g/mol. The highest BCUT2D eigenvalue weighted by Crippen LogP contribution is 2.11. The van der Waals surface area contributed by atoms with E-state index in [9.17, 15) is 0 Å². The summed E-state index contributed by atoms with van der Waals surface area (Å²) in [5.74, 6) is 0. The molecule has 16 heavy (non-hydrogen) atoms. The number of unbranched alkanes of at least 4 members (excludes halogenated alkanes) is 1. The quantitative estimate of drug-likeness (QED) is 0.730. The Morgan fingerprint density at radius 2 is 2.00 bits per heavy atom. The van der Waals surface area contributed by atoms with E-state index in [0.717, 1.165) is 30.8 Å². The fraction of sp³-hybridized carbons (Fsp3) is 0.500. The van der Waals surface area contributed by atoms with Gasteiger partial charge >= 0.3 is 0 Å². The summed E-state index contributed by atoms with van der Waals surface area (Å²) in [6.45, 7) is 7.43. The maximum Gasteiger partial charge on any atom is 0.0995 e. The normalized spacial score (nSPS) is 10.4. The van der Waals surface area contributed by atoms with Crippen LogP contribution in [0.5, 0.6) is 0 Å². The largest absolute Gasteiger partial charge is 0.299 e. The molecule has 0 aliphatic rings. The Morgan fingerprint density at radius 3 is 2.62 bits per heavy atom. The van der Waals surface area contributed by atoms with Gasteiger partial charge in [-0.15, -0.1) is 0 Å². The van der Waals surface area contributed by atoms with Crippen molar-refractivity contribution in [2.45, 2.75) is 33.2 Å². The van der Waals surface area contributed by atoms with Gasteiger partial charge in [0.15, 0.2) is 0 Å². The Morgan fingerprint density at radius 1 is 1.25 bits per heavy atom. The zero-order chi connectivity index (χ0) is 11.8. The predicted molar refractivity (Wildman–Crippen MR) is 67.0 cm³/mol. The Balaban J connectivity index is 2.66. The molecule has 86 valence electrons. The summed E-state index contributed by atoms with van der Waals surface area (Å²) < 4.78 is 0. The maximum atomic E-state index is 9.01. The van der Waals surface area contributed by atoms with E-state index >= 15 is 0 Å². The molecule has 1 aromatic rings. The van der Waals surface area contributed by atoms with Crippen LogP contribution in [0.3, 0.4) is 0 Å². The van der Waals surface area contributed by atoms with E-state index in [1.165, 1.54) is 12.8 Å². The van der Waals surface area contributed by atoms with E-state index in [4.69, 9.17) is 5.26 Å². The van der Waals surface area contributed by atoms with E-state index in [1.54, 1.807) is 0 Å². The van der Waals surface area contributed by atoms with Crippen LogP contribution >= 0.6 is 0 Å². The molecule has 0 bridgehead atoms. The van der Waals surface area contributed by atoms with E-state index in [2.05, 4.69) is 24.8 Å². The van der Waals surface area contributed by atoms with Gasteiger partial charge in [0, 0.05) is 6.54 Å². The molecule has 0 unspecified atom stereocenters. The van der Waals surface area contributed by atoms with Crippen LogP contribution in [-0.2, 0) is 6.54 Å². The van der Waals surface area contributed by atoms with Crippen molar-refractivity contribution in [3.8, 4) is 6.07 Å². The van der Waals surface area contributed by atoms with Crippen molar-refractivity contribution in [1.82, 2.24) is 4.90 Å². The first-order chi connectivity index (χ1) is 7.81. The van der Waals surface area contributed by atoms with Crippen molar-refractivity contribution in [3.63, 3.8) is 0 Å². The van der Waals surface area contributed by atoms with Crippen LogP contribution in [0, 0.1) is 11.3 Å². The van der Waals surface area contributed by atoms with Gasteiger partial charge in [-0.25, -0.2) is 0 Å². The average Bonchev–Trinajstić information content (AvgIpc) is 2.34. The number of rotatable bonds is 6. The maximum absolute atomic E-state index is 9.01. The molecule has 1 aromatic carbocycles. The second kappa shape index (κ2) is 7.03. The molecule has 0 aliphatic heterocycles. The second-order valence-electron chi connectivity index (χ2n) is 3.99. The van der Waals surface area contributed by atoms with Crippen LogP contribution in [-0.4, -0.2) is 18.0 Å². The first-order valence-corrected chi connectivity index (χ1v) is 6.02. The number of nitriles is 1. The minimum Gasteiger partial charge on any atom is -0.299 e. The van der Waals surface area contributed by atoms with Gasteiger partial charge in [-0.05, 0) is 31.1 Å². The van der Waals surface area contributed by atoms with Gasteiger partial charge in [0.1, 0.15) is 0 Å². The Bertz CT molecular complexity index is 352. The standard InChI is InChI=1S/C14H20N2/c1-3-5-10-16(4-2)12-14-9-7-6-8-13(14)11-15/h6-9H,3-5,10,12H2,1-2H3. The summed E-state index contributed by atoms with van der Waals surface area (Å²) in [4.78, 5) is 2.39. The number of benzene rings is 1. The molecular formula is C14H20N2. The van der Waals surface area contributed by atoms with E-state index in [-0.39, 0.29) is 0 Å². The van der Waals surface area contributed by atoms with Crippen LogP contribution in [0.1, 0.15) is 37.8 Å². The molecule has 2 heteroatoms. The molecule has 0 atom stereocenters. The summed E-state index contributed by atoms with van der Waals surface area (Å²) in [5, 5.41) is 9.01. The molecular weight excluding hydrogens is 196 g/mol. The third-order valence-corrected chi connectivity index (χ3v) is 2.81.